The Labute approximate surface area is 127 Å². The Hall–Kier alpha value is -1.42. The van der Waals surface area contributed by atoms with Crippen LogP contribution in [0.1, 0.15) is 26.2 Å². The molecular formula is C17H27N3O. The Bertz CT molecular complexity index is 491. The Morgan fingerprint density at radius 3 is 2.95 bits per heavy atom. The lowest BCUT2D eigenvalue weighted by Crippen LogP contribution is -2.52. The number of rotatable bonds is 3. The highest BCUT2D eigenvalue weighted by atomic mass is 16.5. The first-order valence-corrected chi connectivity index (χ1v) is 8.17. The highest BCUT2D eigenvalue weighted by Crippen LogP contribution is 2.37. The van der Waals surface area contributed by atoms with Gasteiger partial charge in [0.25, 0.3) is 0 Å². The van der Waals surface area contributed by atoms with E-state index in [4.69, 9.17) is 10.5 Å². The third kappa shape index (κ3) is 2.82. The monoisotopic (exact) mass is 289 g/mol. The van der Waals surface area contributed by atoms with Crippen LogP contribution in [0.3, 0.4) is 0 Å². The number of hydrogen-bond acceptors (Lipinski definition) is 4. The summed E-state index contributed by atoms with van der Waals surface area (Å²) < 4.78 is 5.63. The summed E-state index contributed by atoms with van der Waals surface area (Å²) in [6, 6.07) is 6.90. The van der Waals surface area contributed by atoms with Crippen molar-refractivity contribution in [1.82, 2.24) is 4.90 Å². The molecule has 0 bridgehead atoms. The molecule has 0 saturated carbocycles. The van der Waals surface area contributed by atoms with Crippen LogP contribution in [0.2, 0.25) is 0 Å². The molecule has 3 rings (SSSR count). The first-order valence-electron chi connectivity index (χ1n) is 8.17. The summed E-state index contributed by atoms with van der Waals surface area (Å²) in [7, 11) is 2.27. The number of para-hydroxylation sites is 1. The maximum Gasteiger partial charge on any atom is 0.144 e. The van der Waals surface area contributed by atoms with Crippen LogP contribution in [-0.2, 0) is 0 Å². The molecule has 21 heavy (non-hydrogen) atoms. The zero-order chi connectivity index (χ0) is 14.8. The number of piperidine rings is 2. The van der Waals surface area contributed by atoms with Crippen LogP contribution in [0.5, 0.6) is 5.75 Å². The normalized spacial score (nSPS) is 26.5. The quantitative estimate of drug-likeness (QED) is 0.869. The van der Waals surface area contributed by atoms with Crippen molar-refractivity contribution >= 4 is 11.4 Å². The topological polar surface area (TPSA) is 41.7 Å². The van der Waals surface area contributed by atoms with E-state index in [1.165, 1.54) is 25.8 Å². The van der Waals surface area contributed by atoms with Gasteiger partial charge in [0.2, 0.25) is 0 Å². The van der Waals surface area contributed by atoms with E-state index >= 15 is 0 Å². The average molecular weight is 289 g/mol. The zero-order valence-electron chi connectivity index (χ0n) is 13.2. The molecule has 4 nitrogen and oxygen atoms in total. The second kappa shape index (κ2) is 6.14. The van der Waals surface area contributed by atoms with E-state index in [-0.39, 0.29) is 0 Å². The minimum atomic E-state index is 0.656. The Kier molecular flexibility index (Phi) is 4.24. The number of benzene rings is 1. The summed E-state index contributed by atoms with van der Waals surface area (Å²) in [6.45, 7) is 6.11. The number of nitrogens with two attached hydrogens (primary N) is 1. The van der Waals surface area contributed by atoms with Gasteiger partial charge in [-0.2, -0.15) is 0 Å². The molecule has 0 aromatic heterocycles. The van der Waals surface area contributed by atoms with Crippen LogP contribution in [0.15, 0.2) is 18.2 Å². The van der Waals surface area contributed by atoms with Gasteiger partial charge in [0.05, 0.1) is 18.0 Å². The average Bonchev–Trinajstić information content (AvgIpc) is 2.49. The van der Waals surface area contributed by atoms with Gasteiger partial charge in [-0.15, -0.1) is 0 Å². The molecule has 1 aromatic carbocycles. The van der Waals surface area contributed by atoms with Crippen molar-refractivity contribution in [3.63, 3.8) is 0 Å². The van der Waals surface area contributed by atoms with Gasteiger partial charge in [-0.1, -0.05) is 6.07 Å². The SMILES string of the molecule is CCOc1cccc(N2CCC3C(CCCN3C)C2)c1N. The minimum absolute atomic E-state index is 0.656. The summed E-state index contributed by atoms with van der Waals surface area (Å²) in [4.78, 5) is 5.00. The van der Waals surface area contributed by atoms with Crippen LogP contribution in [0.25, 0.3) is 0 Å². The Morgan fingerprint density at radius 1 is 1.29 bits per heavy atom. The predicted octanol–water partition coefficient (Wildman–Crippen LogP) is 2.59. The zero-order valence-corrected chi connectivity index (χ0v) is 13.2. The van der Waals surface area contributed by atoms with Crippen molar-refractivity contribution in [2.75, 3.05) is 43.9 Å². The van der Waals surface area contributed by atoms with Gasteiger partial charge in [-0.05, 0) is 57.8 Å². The molecule has 4 heteroatoms. The molecule has 0 aliphatic carbocycles. The van der Waals surface area contributed by atoms with Gasteiger partial charge in [-0.25, -0.2) is 0 Å². The highest BCUT2D eigenvalue weighted by molar-refractivity contribution is 5.74. The van der Waals surface area contributed by atoms with Crippen LogP contribution in [0.4, 0.5) is 11.4 Å². The van der Waals surface area contributed by atoms with Gasteiger partial charge < -0.3 is 20.3 Å². The molecule has 2 aliphatic heterocycles. The van der Waals surface area contributed by atoms with Crippen molar-refractivity contribution in [2.45, 2.75) is 32.2 Å². The fourth-order valence-corrected chi connectivity index (χ4v) is 3.96. The van der Waals surface area contributed by atoms with Crippen LogP contribution >= 0.6 is 0 Å². The third-order valence-corrected chi connectivity index (χ3v) is 5.03. The molecule has 2 fully saturated rings. The standard InChI is InChI=1S/C17H27N3O/c1-3-21-16-8-4-7-15(17(16)18)20-11-9-14-13(12-20)6-5-10-19(14)2/h4,7-8,13-14H,3,5-6,9-12,18H2,1-2H3. The van der Waals surface area contributed by atoms with Crippen molar-refractivity contribution in [3.05, 3.63) is 18.2 Å². The lowest BCUT2D eigenvalue weighted by Gasteiger charge is -2.46. The summed E-state index contributed by atoms with van der Waals surface area (Å²) in [5.74, 6) is 1.59. The number of anilines is 2. The maximum atomic E-state index is 6.32. The van der Waals surface area contributed by atoms with Crippen molar-refractivity contribution < 1.29 is 4.74 Å². The van der Waals surface area contributed by atoms with E-state index < -0.39 is 0 Å². The number of likely N-dealkylation sites (tertiary alicyclic amines) is 1. The van der Waals surface area contributed by atoms with Crippen molar-refractivity contribution in [3.8, 4) is 5.75 Å². The van der Waals surface area contributed by atoms with E-state index in [1.807, 2.05) is 13.0 Å². The second-order valence-corrected chi connectivity index (χ2v) is 6.31. The van der Waals surface area contributed by atoms with E-state index in [1.54, 1.807) is 0 Å². The highest BCUT2D eigenvalue weighted by Gasteiger charge is 2.34. The molecule has 2 N–H and O–H groups in total. The minimum Gasteiger partial charge on any atom is -0.492 e. The number of nitrogens with zero attached hydrogens (tertiary/aromatic N) is 2. The number of nitrogen functional groups attached to an aromatic ring is 1. The lowest BCUT2D eigenvalue weighted by molar-refractivity contribution is 0.102. The Morgan fingerprint density at radius 2 is 2.14 bits per heavy atom. The summed E-state index contributed by atoms with van der Waals surface area (Å²) >= 11 is 0. The second-order valence-electron chi connectivity index (χ2n) is 6.31. The molecule has 0 amide bonds. The maximum absolute atomic E-state index is 6.32. The predicted molar refractivity (Wildman–Crippen MR) is 88.0 cm³/mol. The number of hydrogen-bond donors (Lipinski definition) is 1. The third-order valence-electron chi connectivity index (χ3n) is 5.03. The van der Waals surface area contributed by atoms with Gasteiger partial charge in [0.1, 0.15) is 5.75 Å². The molecular weight excluding hydrogens is 262 g/mol. The first-order chi connectivity index (χ1) is 10.2. The number of fused-ring (bicyclic) bond motifs is 1. The Balaban J connectivity index is 1.78. The smallest absolute Gasteiger partial charge is 0.144 e. The molecule has 0 radical (unpaired) electrons. The summed E-state index contributed by atoms with van der Waals surface area (Å²) in [5.41, 5.74) is 8.26. The van der Waals surface area contributed by atoms with Crippen LogP contribution < -0.4 is 15.4 Å². The van der Waals surface area contributed by atoms with Gasteiger partial charge >= 0.3 is 0 Å². The van der Waals surface area contributed by atoms with Gasteiger partial charge in [-0.3, -0.25) is 0 Å². The molecule has 2 saturated heterocycles. The van der Waals surface area contributed by atoms with Gasteiger partial charge in [0, 0.05) is 19.1 Å². The van der Waals surface area contributed by atoms with E-state index in [0.717, 1.165) is 42.2 Å². The number of ether oxygens (including phenoxy) is 1. The fraction of sp³-hybridized carbons (Fsp3) is 0.647. The van der Waals surface area contributed by atoms with Gasteiger partial charge in [0.15, 0.2) is 0 Å². The first kappa shape index (κ1) is 14.5. The summed E-state index contributed by atoms with van der Waals surface area (Å²) in [5, 5.41) is 0. The van der Waals surface area contributed by atoms with Crippen LogP contribution in [-0.4, -0.2) is 44.2 Å². The fourth-order valence-electron chi connectivity index (χ4n) is 3.96. The van der Waals surface area contributed by atoms with Crippen molar-refractivity contribution in [2.24, 2.45) is 5.92 Å². The van der Waals surface area contributed by atoms with Crippen LogP contribution in [0, 0.1) is 5.92 Å². The van der Waals surface area contributed by atoms with E-state index in [0.29, 0.717) is 6.61 Å². The van der Waals surface area contributed by atoms with E-state index in [9.17, 15) is 0 Å². The van der Waals surface area contributed by atoms with Crippen molar-refractivity contribution in [1.29, 1.82) is 0 Å². The molecule has 2 atom stereocenters. The molecule has 116 valence electrons. The molecule has 0 spiro atoms. The lowest BCUT2D eigenvalue weighted by atomic mass is 9.84. The summed E-state index contributed by atoms with van der Waals surface area (Å²) in [6.07, 6.45) is 3.90. The molecule has 2 aliphatic rings. The molecule has 2 heterocycles. The molecule has 2 unspecified atom stereocenters. The largest absolute Gasteiger partial charge is 0.492 e. The molecule has 1 aromatic rings. The van der Waals surface area contributed by atoms with E-state index in [2.05, 4.69) is 29.0 Å².